The Hall–Kier alpha value is -4.21. The van der Waals surface area contributed by atoms with Gasteiger partial charge in [0.2, 0.25) is 5.95 Å². The van der Waals surface area contributed by atoms with Gasteiger partial charge in [-0.25, -0.2) is 19.1 Å². The number of benzene rings is 1. The van der Waals surface area contributed by atoms with E-state index in [1.807, 2.05) is 63.6 Å². The minimum absolute atomic E-state index is 0.104. The molecule has 10 heteroatoms. The maximum Gasteiger partial charge on any atom is 0.410 e. The molecule has 5 rings (SSSR count). The van der Waals surface area contributed by atoms with Gasteiger partial charge >= 0.3 is 6.09 Å². The Bertz CT molecular complexity index is 1670. The molecule has 41 heavy (non-hydrogen) atoms. The quantitative estimate of drug-likeness (QED) is 0.333. The summed E-state index contributed by atoms with van der Waals surface area (Å²) in [5.74, 6) is 0.372. The number of pyridine rings is 1. The van der Waals surface area contributed by atoms with Crippen molar-refractivity contribution < 1.29 is 9.53 Å². The Morgan fingerprint density at radius 3 is 2.46 bits per heavy atom. The number of hydrogen-bond acceptors (Lipinski definition) is 7. The zero-order chi connectivity index (χ0) is 29.7. The molecule has 1 aliphatic rings. The van der Waals surface area contributed by atoms with Crippen LogP contribution in [0.2, 0.25) is 0 Å². The summed E-state index contributed by atoms with van der Waals surface area (Å²) in [7, 11) is 0. The number of ether oxygens (including phenoxy) is 1. The fourth-order valence-corrected chi connectivity index (χ4v) is 4.98. The van der Waals surface area contributed by atoms with Gasteiger partial charge < -0.3 is 15.0 Å². The summed E-state index contributed by atoms with van der Waals surface area (Å²) in [6, 6.07) is 9.87. The topological polar surface area (TPSA) is 107 Å². The summed E-state index contributed by atoms with van der Waals surface area (Å²) in [6.07, 6.45) is 3.80. The average Bonchev–Trinajstić information content (AvgIpc) is 3.18. The molecule has 0 aliphatic carbocycles. The second-order valence-electron chi connectivity index (χ2n) is 12.9. The third-order valence-electron chi connectivity index (χ3n) is 7.00. The smallest absolute Gasteiger partial charge is 0.410 e. The molecule has 4 aromatic rings. The highest BCUT2D eigenvalue weighted by atomic mass is 16.6. The molecule has 0 atom stereocenters. The molecule has 0 bridgehead atoms. The van der Waals surface area contributed by atoms with Gasteiger partial charge in [0.25, 0.3) is 5.56 Å². The highest BCUT2D eigenvalue weighted by Gasteiger charge is 2.26. The first-order chi connectivity index (χ1) is 19.2. The third kappa shape index (κ3) is 5.82. The van der Waals surface area contributed by atoms with Gasteiger partial charge in [-0.3, -0.25) is 9.78 Å². The summed E-state index contributed by atoms with van der Waals surface area (Å²) in [5, 5.41) is 3.75. The Balaban J connectivity index is 1.50. The molecule has 0 saturated heterocycles. The number of nitrogens with zero attached hydrogens (tertiary/aromatic N) is 6. The van der Waals surface area contributed by atoms with Gasteiger partial charge in [0, 0.05) is 48.3 Å². The highest BCUT2D eigenvalue weighted by Crippen LogP contribution is 2.27. The number of carbonyl (C=O) groups excluding carboxylic acids is 1. The van der Waals surface area contributed by atoms with Crippen LogP contribution in [0.5, 0.6) is 0 Å². The maximum absolute atomic E-state index is 13.4. The highest BCUT2D eigenvalue weighted by molar-refractivity contribution is 5.77. The molecule has 3 aromatic heterocycles. The molecule has 1 aliphatic heterocycles. The van der Waals surface area contributed by atoms with Gasteiger partial charge in [-0.05, 0) is 76.4 Å². The predicted octanol–water partition coefficient (Wildman–Crippen LogP) is 5.89. The third-order valence-corrected chi connectivity index (χ3v) is 7.00. The molecule has 216 valence electrons. The first kappa shape index (κ1) is 28.3. The SMILES string of the molecule is CC(C)n1c(=O)c2cnc(Nc3ccc4c(c3)CN(C(=O)OC(C)(C)C)CC4)nc2n1-c1ccnc(C(C)(C)C)c1. The van der Waals surface area contributed by atoms with Crippen LogP contribution in [0, 0.1) is 0 Å². The van der Waals surface area contributed by atoms with Crippen molar-refractivity contribution in [3.8, 4) is 5.69 Å². The molecule has 1 aromatic carbocycles. The summed E-state index contributed by atoms with van der Waals surface area (Å²) < 4.78 is 9.14. The van der Waals surface area contributed by atoms with Crippen molar-refractivity contribution in [3.63, 3.8) is 0 Å². The summed E-state index contributed by atoms with van der Waals surface area (Å²) >= 11 is 0. The van der Waals surface area contributed by atoms with Crippen LogP contribution in [-0.4, -0.2) is 47.5 Å². The Labute approximate surface area is 240 Å². The zero-order valence-electron chi connectivity index (χ0n) is 25.1. The number of anilines is 2. The standard InChI is InChI=1S/C31H39N7O3/c1-19(2)37-27(39)24-17-33-28(35-26(24)38(37)23-11-13-32-25(16-23)30(3,4)5)34-22-10-9-20-12-14-36(18-21(20)15-22)29(40)41-31(6,7)8/h9-11,13,15-17,19H,12,14,18H2,1-8H3,(H,33,34,35). The largest absolute Gasteiger partial charge is 0.444 e. The molecule has 1 N–H and O–H groups in total. The molecular weight excluding hydrogens is 518 g/mol. The van der Waals surface area contributed by atoms with Crippen molar-refractivity contribution in [2.45, 2.75) is 85.4 Å². The number of aromatic nitrogens is 5. The Morgan fingerprint density at radius 2 is 1.78 bits per heavy atom. The van der Waals surface area contributed by atoms with E-state index in [4.69, 9.17) is 9.72 Å². The van der Waals surface area contributed by atoms with E-state index in [9.17, 15) is 9.59 Å². The lowest BCUT2D eigenvalue weighted by molar-refractivity contribution is 0.0224. The lowest BCUT2D eigenvalue weighted by Gasteiger charge is -2.31. The molecular formula is C31H39N7O3. The lowest BCUT2D eigenvalue weighted by atomic mass is 9.91. The van der Waals surface area contributed by atoms with E-state index in [2.05, 4.69) is 42.1 Å². The normalized spacial score (nSPS) is 13.9. The first-order valence-electron chi connectivity index (χ1n) is 14.1. The van der Waals surface area contributed by atoms with E-state index >= 15 is 0 Å². The van der Waals surface area contributed by atoms with Crippen LogP contribution >= 0.6 is 0 Å². The number of amides is 1. The van der Waals surface area contributed by atoms with Crippen LogP contribution < -0.4 is 10.9 Å². The van der Waals surface area contributed by atoms with Crippen molar-refractivity contribution in [2.24, 2.45) is 0 Å². The van der Waals surface area contributed by atoms with Gasteiger partial charge in [-0.15, -0.1) is 0 Å². The molecule has 10 nitrogen and oxygen atoms in total. The van der Waals surface area contributed by atoms with Gasteiger partial charge in [0.05, 0.1) is 5.69 Å². The molecule has 0 spiro atoms. The van der Waals surface area contributed by atoms with E-state index in [0.29, 0.717) is 30.1 Å². The summed E-state index contributed by atoms with van der Waals surface area (Å²) in [6.45, 7) is 17.0. The lowest BCUT2D eigenvalue weighted by Crippen LogP contribution is -2.39. The van der Waals surface area contributed by atoms with Gasteiger partial charge in [-0.1, -0.05) is 26.8 Å². The number of rotatable bonds is 4. The number of fused-ring (bicyclic) bond motifs is 2. The number of hydrogen-bond donors (Lipinski definition) is 1. The Morgan fingerprint density at radius 1 is 1.02 bits per heavy atom. The molecule has 0 radical (unpaired) electrons. The first-order valence-corrected chi connectivity index (χ1v) is 14.1. The second-order valence-corrected chi connectivity index (χ2v) is 12.9. The van der Waals surface area contributed by atoms with Crippen molar-refractivity contribution >= 4 is 28.8 Å². The molecule has 0 fully saturated rings. The van der Waals surface area contributed by atoms with Crippen molar-refractivity contribution in [1.82, 2.24) is 29.2 Å². The minimum atomic E-state index is -0.545. The van der Waals surface area contributed by atoms with E-state index < -0.39 is 5.60 Å². The van der Waals surface area contributed by atoms with E-state index in [1.54, 1.807) is 22.0 Å². The fourth-order valence-electron chi connectivity index (χ4n) is 4.98. The second kappa shape index (κ2) is 10.3. The maximum atomic E-state index is 13.4. The molecule has 0 saturated carbocycles. The van der Waals surface area contributed by atoms with E-state index in [0.717, 1.165) is 29.1 Å². The van der Waals surface area contributed by atoms with Crippen LogP contribution in [0.15, 0.2) is 47.5 Å². The van der Waals surface area contributed by atoms with Gasteiger partial charge in [-0.2, -0.15) is 4.98 Å². The predicted molar refractivity (Wildman–Crippen MR) is 160 cm³/mol. The average molecular weight is 558 g/mol. The van der Waals surface area contributed by atoms with Crippen LogP contribution in [0.3, 0.4) is 0 Å². The monoisotopic (exact) mass is 557 g/mol. The molecule has 4 heterocycles. The van der Waals surface area contributed by atoms with Crippen molar-refractivity contribution in [3.05, 3.63) is 69.9 Å². The number of carbonyl (C=O) groups is 1. The van der Waals surface area contributed by atoms with Crippen LogP contribution in [0.25, 0.3) is 16.7 Å². The molecule has 1 amide bonds. The van der Waals surface area contributed by atoms with Crippen LogP contribution in [0.4, 0.5) is 16.4 Å². The Kier molecular flexibility index (Phi) is 7.13. The van der Waals surface area contributed by atoms with E-state index in [1.165, 1.54) is 5.56 Å². The van der Waals surface area contributed by atoms with Crippen LogP contribution in [0.1, 0.15) is 78.3 Å². The summed E-state index contributed by atoms with van der Waals surface area (Å²) in [4.78, 5) is 41.7. The number of nitrogens with one attached hydrogen (secondary N) is 1. The van der Waals surface area contributed by atoms with E-state index in [-0.39, 0.29) is 23.1 Å². The minimum Gasteiger partial charge on any atom is -0.444 e. The fraction of sp³-hybridized carbons (Fsp3) is 0.452. The van der Waals surface area contributed by atoms with Gasteiger partial charge in [0.15, 0.2) is 5.65 Å². The summed E-state index contributed by atoms with van der Waals surface area (Å²) in [5.41, 5.74) is 4.43. The van der Waals surface area contributed by atoms with Crippen molar-refractivity contribution in [1.29, 1.82) is 0 Å². The molecule has 0 unspecified atom stereocenters. The van der Waals surface area contributed by atoms with Gasteiger partial charge in [0.1, 0.15) is 11.0 Å². The zero-order valence-corrected chi connectivity index (χ0v) is 25.1. The van der Waals surface area contributed by atoms with Crippen LogP contribution in [-0.2, 0) is 23.1 Å². The van der Waals surface area contributed by atoms with Crippen molar-refractivity contribution in [2.75, 3.05) is 11.9 Å².